The average molecular weight is 209 g/mol. The summed E-state index contributed by atoms with van der Waals surface area (Å²) in [4.78, 5) is 13.1. The van der Waals surface area contributed by atoms with Crippen LogP contribution in [0.2, 0.25) is 0 Å². The van der Waals surface area contributed by atoms with E-state index in [2.05, 4.69) is 6.92 Å². The van der Waals surface area contributed by atoms with Crippen LogP contribution in [0.5, 0.6) is 0 Å². The van der Waals surface area contributed by atoms with Crippen LogP contribution in [0.1, 0.15) is 43.7 Å². The Morgan fingerprint density at radius 1 is 1.40 bits per heavy atom. The number of ketones is 1. The minimum Gasteiger partial charge on any atom is -0.437 e. The third-order valence-electron chi connectivity index (χ3n) is 2.41. The predicted octanol–water partition coefficient (Wildman–Crippen LogP) is 3.11. The Kier molecular flexibility index (Phi) is 4.40. The summed E-state index contributed by atoms with van der Waals surface area (Å²) in [6, 6.07) is 3.58. The maximum Gasteiger partial charge on any atom is 0.196 e. The molecule has 84 valence electrons. The number of hydrogen-bond acceptors (Lipinski definition) is 3. The monoisotopic (exact) mass is 209 g/mol. The summed E-state index contributed by atoms with van der Waals surface area (Å²) in [6.45, 7) is 4.67. The van der Waals surface area contributed by atoms with E-state index in [1.807, 2.05) is 18.0 Å². The van der Waals surface area contributed by atoms with Gasteiger partial charge >= 0.3 is 0 Å². The molecule has 0 amide bonds. The Hall–Kier alpha value is -1.25. The smallest absolute Gasteiger partial charge is 0.196 e. The van der Waals surface area contributed by atoms with Crippen molar-refractivity contribution in [2.45, 2.75) is 33.1 Å². The standard InChI is InChI=1S/C12H19NO2/c1-4-5-6-9-13(3)12-8-7-11(15-12)10(2)14/h7-8H,4-6,9H2,1-3H3. The second-order valence-electron chi connectivity index (χ2n) is 3.82. The summed E-state index contributed by atoms with van der Waals surface area (Å²) >= 11 is 0. The van der Waals surface area contributed by atoms with Crippen LogP contribution in [0.3, 0.4) is 0 Å². The molecular weight excluding hydrogens is 190 g/mol. The van der Waals surface area contributed by atoms with E-state index in [0.717, 1.165) is 18.8 Å². The van der Waals surface area contributed by atoms with Gasteiger partial charge in [-0.1, -0.05) is 19.8 Å². The third-order valence-corrected chi connectivity index (χ3v) is 2.41. The van der Waals surface area contributed by atoms with Crippen molar-refractivity contribution in [2.24, 2.45) is 0 Å². The molecule has 1 rings (SSSR count). The highest BCUT2D eigenvalue weighted by atomic mass is 16.4. The van der Waals surface area contributed by atoms with Gasteiger partial charge in [0.1, 0.15) is 0 Å². The largest absolute Gasteiger partial charge is 0.437 e. The zero-order valence-corrected chi connectivity index (χ0v) is 9.75. The van der Waals surface area contributed by atoms with Gasteiger partial charge in [-0.3, -0.25) is 4.79 Å². The van der Waals surface area contributed by atoms with E-state index in [1.165, 1.54) is 19.8 Å². The molecule has 0 aliphatic carbocycles. The highest BCUT2D eigenvalue weighted by Crippen LogP contribution is 2.18. The number of rotatable bonds is 6. The lowest BCUT2D eigenvalue weighted by Crippen LogP contribution is -2.17. The molecule has 0 spiro atoms. The lowest BCUT2D eigenvalue weighted by atomic mass is 10.2. The maximum absolute atomic E-state index is 11.0. The molecule has 1 aromatic heterocycles. The Morgan fingerprint density at radius 3 is 2.67 bits per heavy atom. The van der Waals surface area contributed by atoms with Crippen molar-refractivity contribution in [2.75, 3.05) is 18.5 Å². The topological polar surface area (TPSA) is 33.5 Å². The number of furan rings is 1. The Balaban J connectivity index is 2.50. The first-order valence-electron chi connectivity index (χ1n) is 5.47. The number of hydrogen-bond donors (Lipinski definition) is 0. The van der Waals surface area contributed by atoms with Gasteiger partial charge < -0.3 is 9.32 Å². The van der Waals surface area contributed by atoms with E-state index >= 15 is 0 Å². The number of Topliss-reactive ketones (excluding diaryl/α,β-unsaturated/α-hetero) is 1. The van der Waals surface area contributed by atoms with Gasteiger partial charge in [-0.2, -0.15) is 0 Å². The number of nitrogens with zero attached hydrogens (tertiary/aromatic N) is 1. The van der Waals surface area contributed by atoms with Crippen LogP contribution in [0.15, 0.2) is 16.5 Å². The minimum atomic E-state index is -0.0248. The molecule has 1 aromatic rings. The summed E-state index contributed by atoms with van der Waals surface area (Å²) in [7, 11) is 1.98. The molecule has 0 radical (unpaired) electrons. The fourth-order valence-electron chi connectivity index (χ4n) is 1.43. The average Bonchev–Trinajstić information content (AvgIpc) is 2.66. The van der Waals surface area contributed by atoms with Crippen LogP contribution < -0.4 is 4.90 Å². The third kappa shape index (κ3) is 3.42. The van der Waals surface area contributed by atoms with Crippen molar-refractivity contribution in [3.8, 4) is 0 Å². The fraction of sp³-hybridized carbons (Fsp3) is 0.583. The molecule has 0 unspecified atom stereocenters. The summed E-state index contributed by atoms with van der Waals surface area (Å²) in [5.41, 5.74) is 0. The lowest BCUT2D eigenvalue weighted by Gasteiger charge is -2.15. The maximum atomic E-state index is 11.0. The Morgan fingerprint density at radius 2 is 2.13 bits per heavy atom. The van der Waals surface area contributed by atoms with Crippen molar-refractivity contribution in [3.05, 3.63) is 17.9 Å². The lowest BCUT2D eigenvalue weighted by molar-refractivity contribution is 0.0988. The van der Waals surface area contributed by atoms with Gasteiger partial charge in [-0.25, -0.2) is 0 Å². The summed E-state index contributed by atoms with van der Waals surface area (Å²) in [5, 5.41) is 0. The van der Waals surface area contributed by atoms with Gasteiger partial charge in [-0.05, 0) is 12.5 Å². The molecule has 0 aliphatic rings. The Bertz CT molecular complexity index is 317. The van der Waals surface area contributed by atoms with E-state index in [4.69, 9.17) is 4.42 Å². The first-order valence-corrected chi connectivity index (χ1v) is 5.47. The molecular formula is C12H19NO2. The van der Waals surface area contributed by atoms with Crippen LogP contribution in [-0.4, -0.2) is 19.4 Å². The molecule has 0 saturated heterocycles. The SMILES string of the molecule is CCCCCN(C)c1ccc(C(C)=O)o1. The van der Waals surface area contributed by atoms with Gasteiger partial charge in [0.25, 0.3) is 0 Å². The van der Waals surface area contributed by atoms with Gasteiger partial charge in [0.2, 0.25) is 0 Å². The number of anilines is 1. The van der Waals surface area contributed by atoms with Crippen LogP contribution in [0.25, 0.3) is 0 Å². The van der Waals surface area contributed by atoms with E-state index in [-0.39, 0.29) is 5.78 Å². The van der Waals surface area contributed by atoms with Crippen LogP contribution >= 0.6 is 0 Å². The number of carbonyl (C=O) groups is 1. The first-order chi connectivity index (χ1) is 7.15. The van der Waals surface area contributed by atoms with Gasteiger partial charge in [0, 0.05) is 26.6 Å². The minimum absolute atomic E-state index is 0.0248. The highest BCUT2D eigenvalue weighted by Gasteiger charge is 2.08. The van der Waals surface area contributed by atoms with Gasteiger partial charge in [0.05, 0.1) is 0 Å². The summed E-state index contributed by atoms with van der Waals surface area (Å²) in [6.07, 6.45) is 3.60. The van der Waals surface area contributed by atoms with Gasteiger partial charge in [-0.15, -0.1) is 0 Å². The van der Waals surface area contributed by atoms with Gasteiger partial charge in [0.15, 0.2) is 17.4 Å². The zero-order chi connectivity index (χ0) is 11.3. The number of unbranched alkanes of at least 4 members (excludes halogenated alkanes) is 2. The second-order valence-corrected chi connectivity index (χ2v) is 3.82. The molecule has 3 heteroatoms. The van der Waals surface area contributed by atoms with E-state index in [9.17, 15) is 4.79 Å². The summed E-state index contributed by atoms with van der Waals surface area (Å²) in [5.74, 6) is 1.19. The fourth-order valence-corrected chi connectivity index (χ4v) is 1.43. The zero-order valence-electron chi connectivity index (χ0n) is 9.75. The Labute approximate surface area is 91.1 Å². The molecule has 0 atom stereocenters. The van der Waals surface area contributed by atoms with Crippen molar-refractivity contribution in [1.29, 1.82) is 0 Å². The predicted molar refractivity (Wildman–Crippen MR) is 61.5 cm³/mol. The quantitative estimate of drug-likeness (QED) is 0.533. The molecule has 3 nitrogen and oxygen atoms in total. The van der Waals surface area contributed by atoms with Crippen molar-refractivity contribution >= 4 is 11.7 Å². The molecule has 0 aromatic carbocycles. The number of carbonyl (C=O) groups excluding carboxylic acids is 1. The van der Waals surface area contributed by atoms with Crippen LogP contribution in [0.4, 0.5) is 5.88 Å². The van der Waals surface area contributed by atoms with E-state index < -0.39 is 0 Å². The molecule has 0 saturated carbocycles. The highest BCUT2D eigenvalue weighted by molar-refractivity contribution is 5.91. The van der Waals surface area contributed by atoms with E-state index in [1.54, 1.807) is 6.07 Å². The second kappa shape index (κ2) is 5.59. The van der Waals surface area contributed by atoms with Crippen molar-refractivity contribution in [1.82, 2.24) is 0 Å². The van der Waals surface area contributed by atoms with Crippen LogP contribution in [0, 0.1) is 0 Å². The molecule has 0 N–H and O–H groups in total. The molecule has 1 heterocycles. The van der Waals surface area contributed by atoms with Crippen molar-refractivity contribution < 1.29 is 9.21 Å². The molecule has 0 fully saturated rings. The van der Waals surface area contributed by atoms with E-state index in [0.29, 0.717) is 5.76 Å². The molecule has 0 bridgehead atoms. The van der Waals surface area contributed by atoms with Crippen LogP contribution in [-0.2, 0) is 0 Å². The normalized spacial score (nSPS) is 10.3. The summed E-state index contributed by atoms with van der Waals surface area (Å²) < 4.78 is 5.41. The first kappa shape index (κ1) is 11.8. The molecule has 0 aliphatic heterocycles. The molecule has 15 heavy (non-hydrogen) atoms. The van der Waals surface area contributed by atoms with Crippen molar-refractivity contribution in [3.63, 3.8) is 0 Å².